The standard InChI is InChI=1S/C18H19F3O.CH6OSi/c1-11(2)22-18(3,4)14-7-5-12(6-8-14)13-9-15(19)17(21)16(20)10-13;1-2-3/h5-11H,1-4H3;1,3H3. The third-order valence-corrected chi connectivity index (χ3v) is 3.43. The molecular weight excluding hydrogens is 345 g/mol. The van der Waals surface area contributed by atoms with E-state index in [4.69, 9.17) is 4.74 Å². The van der Waals surface area contributed by atoms with Gasteiger partial charge >= 0.3 is 0 Å². The predicted octanol–water partition coefficient (Wildman–Crippen LogP) is 4.34. The Morgan fingerprint density at radius 1 is 0.920 bits per heavy atom. The molecule has 0 heterocycles. The third kappa shape index (κ3) is 5.99. The van der Waals surface area contributed by atoms with E-state index in [9.17, 15) is 13.2 Å². The Hall–Kier alpha value is -1.63. The Balaban J connectivity index is 0.000000970. The van der Waals surface area contributed by atoms with E-state index in [1.807, 2.05) is 39.8 Å². The molecule has 0 unspecified atom stereocenters. The normalized spacial score (nSPS) is 11.4. The minimum atomic E-state index is -1.45. The summed E-state index contributed by atoms with van der Waals surface area (Å²) in [6, 6.07) is 9.15. The molecule has 0 saturated carbocycles. The molecule has 2 rings (SSSR count). The van der Waals surface area contributed by atoms with Crippen molar-refractivity contribution < 1.29 is 22.3 Å². The topological polar surface area (TPSA) is 18.5 Å². The Morgan fingerprint density at radius 2 is 1.36 bits per heavy atom. The number of rotatable bonds is 4. The van der Waals surface area contributed by atoms with Gasteiger partial charge in [-0.3, -0.25) is 0 Å². The van der Waals surface area contributed by atoms with Crippen molar-refractivity contribution in [3.05, 3.63) is 59.4 Å². The van der Waals surface area contributed by atoms with Crippen LogP contribution in [0.1, 0.15) is 33.3 Å². The fourth-order valence-electron chi connectivity index (χ4n) is 2.44. The van der Waals surface area contributed by atoms with E-state index in [0.29, 0.717) is 11.1 Å². The van der Waals surface area contributed by atoms with Crippen LogP contribution in [0.15, 0.2) is 36.4 Å². The second-order valence-electron chi connectivity index (χ2n) is 6.42. The van der Waals surface area contributed by atoms with Gasteiger partial charge in [-0.2, -0.15) is 0 Å². The lowest BCUT2D eigenvalue weighted by Crippen LogP contribution is -2.25. The van der Waals surface area contributed by atoms with Crippen LogP contribution >= 0.6 is 0 Å². The van der Waals surface area contributed by atoms with Gasteiger partial charge in [0.15, 0.2) is 17.5 Å². The van der Waals surface area contributed by atoms with Gasteiger partial charge in [-0.15, -0.1) is 0 Å². The van der Waals surface area contributed by atoms with Crippen molar-refractivity contribution in [1.29, 1.82) is 0 Å². The zero-order valence-electron chi connectivity index (χ0n) is 15.5. The van der Waals surface area contributed by atoms with Crippen molar-refractivity contribution in [2.24, 2.45) is 0 Å². The van der Waals surface area contributed by atoms with E-state index >= 15 is 0 Å². The average molecular weight is 370 g/mol. The van der Waals surface area contributed by atoms with Gasteiger partial charge in [0.1, 0.15) is 10.5 Å². The summed E-state index contributed by atoms with van der Waals surface area (Å²) in [4.78, 5) is 0. The van der Waals surface area contributed by atoms with Crippen molar-refractivity contribution in [3.63, 3.8) is 0 Å². The van der Waals surface area contributed by atoms with Crippen LogP contribution in [0.3, 0.4) is 0 Å². The van der Waals surface area contributed by atoms with Gasteiger partial charge in [-0.1, -0.05) is 24.3 Å². The van der Waals surface area contributed by atoms with Crippen LogP contribution in [0.25, 0.3) is 11.1 Å². The van der Waals surface area contributed by atoms with E-state index in [-0.39, 0.29) is 6.10 Å². The van der Waals surface area contributed by atoms with E-state index in [1.165, 1.54) is 0 Å². The fraction of sp³-hybridized carbons (Fsp3) is 0.368. The van der Waals surface area contributed by atoms with Gasteiger partial charge in [0, 0.05) is 7.11 Å². The van der Waals surface area contributed by atoms with Crippen molar-refractivity contribution in [2.45, 2.75) is 39.4 Å². The van der Waals surface area contributed by atoms with Crippen LogP contribution in [-0.4, -0.2) is 23.7 Å². The molecule has 6 heteroatoms. The second-order valence-corrected chi connectivity index (χ2v) is 7.23. The Labute approximate surface area is 150 Å². The molecule has 0 radical (unpaired) electrons. The molecule has 2 nitrogen and oxygen atoms in total. The summed E-state index contributed by atoms with van der Waals surface area (Å²) in [5.41, 5.74) is 1.40. The first kappa shape index (κ1) is 21.4. The minimum absolute atomic E-state index is 0.0787. The van der Waals surface area contributed by atoms with E-state index in [0.717, 1.165) is 28.2 Å². The first-order valence-corrected chi connectivity index (χ1v) is 8.77. The first-order chi connectivity index (χ1) is 11.6. The molecule has 138 valence electrons. The molecule has 0 spiro atoms. The number of ether oxygens (including phenoxy) is 1. The number of hydrogen-bond acceptors (Lipinski definition) is 2. The number of halogens is 3. The Kier molecular flexibility index (Phi) is 7.85. The zero-order chi connectivity index (χ0) is 19.2. The Morgan fingerprint density at radius 3 is 1.76 bits per heavy atom. The Bertz CT molecular complexity index is 663. The maximum atomic E-state index is 13.3. The monoisotopic (exact) mass is 370 g/mol. The van der Waals surface area contributed by atoms with Crippen LogP contribution in [0.5, 0.6) is 0 Å². The number of hydrogen-bond donors (Lipinski definition) is 0. The summed E-state index contributed by atoms with van der Waals surface area (Å²) in [6.07, 6.45) is 0.0787. The van der Waals surface area contributed by atoms with Crippen molar-refractivity contribution in [3.8, 4) is 11.1 Å². The van der Waals surface area contributed by atoms with E-state index in [2.05, 4.69) is 4.43 Å². The maximum absolute atomic E-state index is 13.3. The van der Waals surface area contributed by atoms with Crippen LogP contribution in [-0.2, 0) is 14.8 Å². The van der Waals surface area contributed by atoms with Gasteiger partial charge in [-0.25, -0.2) is 13.2 Å². The summed E-state index contributed by atoms with van der Waals surface area (Å²) < 4.78 is 49.8. The predicted molar refractivity (Wildman–Crippen MR) is 97.9 cm³/mol. The van der Waals surface area contributed by atoms with Crippen molar-refractivity contribution in [1.82, 2.24) is 0 Å². The molecule has 25 heavy (non-hydrogen) atoms. The van der Waals surface area contributed by atoms with Crippen LogP contribution in [0.2, 0.25) is 0 Å². The highest BCUT2D eigenvalue weighted by Crippen LogP contribution is 2.29. The highest BCUT2D eigenvalue weighted by Gasteiger charge is 2.22. The lowest BCUT2D eigenvalue weighted by Gasteiger charge is -2.28. The molecule has 0 aromatic heterocycles. The summed E-state index contributed by atoms with van der Waals surface area (Å²) >= 11 is 0. The zero-order valence-corrected chi connectivity index (χ0v) is 17.5. The summed E-state index contributed by atoms with van der Waals surface area (Å²) in [7, 11) is 2.56. The fourth-order valence-corrected chi connectivity index (χ4v) is 2.44. The molecule has 0 aliphatic carbocycles. The molecule has 0 aliphatic rings. The van der Waals surface area contributed by atoms with E-state index in [1.54, 1.807) is 19.2 Å². The van der Waals surface area contributed by atoms with Gasteiger partial charge in [-0.05, 0) is 56.5 Å². The van der Waals surface area contributed by atoms with Crippen LogP contribution in [0, 0.1) is 17.5 Å². The maximum Gasteiger partial charge on any atom is 0.194 e. The first-order valence-electron chi connectivity index (χ1n) is 7.95. The van der Waals surface area contributed by atoms with Crippen LogP contribution in [0.4, 0.5) is 13.2 Å². The molecule has 0 atom stereocenters. The molecule has 0 N–H and O–H groups in total. The average Bonchev–Trinajstić information content (AvgIpc) is 2.52. The molecule has 0 amide bonds. The largest absolute Gasteiger partial charge is 0.431 e. The smallest absolute Gasteiger partial charge is 0.194 e. The van der Waals surface area contributed by atoms with Gasteiger partial charge in [0.25, 0.3) is 0 Å². The quantitative estimate of drug-likeness (QED) is 0.589. The highest BCUT2D eigenvalue weighted by atomic mass is 28.2. The third-order valence-electron chi connectivity index (χ3n) is 3.43. The van der Waals surface area contributed by atoms with Crippen molar-refractivity contribution in [2.75, 3.05) is 7.11 Å². The lowest BCUT2D eigenvalue weighted by atomic mass is 9.95. The SMILES string of the molecule is CC(C)OC(C)(C)c1ccc(-c2cc(F)c(F)c(F)c2)cc1.CO[SiH3]. The molecule has 2 aromatic carbocycles. The van der Waals surface area contributed by atoms with E-state index < -0.39 is 23.1 Å². The summed E-state index contributed by atoms with van der Waals surface area (Å²) in [6.45, 7) is 7.83. The molecular formula is C19H25F3O2Si. The van der Waals surface area contributed by atoms with Gasteiger partial charge in [0.2, 0.25) is 0 Å². The summed E-state index contributed by atoms with van der Waals surface area (Å²) in [5.74, 6) is -3.84. The summed E-state index contributed by atoms with van der Waals surface area (Å²) in [5, 5.41) is 0. The number of benzene rings is 2. The van der Waals surface area contributed by atoms with Crippen LogP contribution < -0.4 is 0 Å². The van der Waals surface area contributed by atoms with Gasteiger partial charge < -0.3 is 9.16 Å². The van der Waals surface area contributed by atoms with Crippen molar-refractivity contribution >= 4 is 10.5 Å². The minimum Gasteiger partial charge on any atom is -0.431 e. The molecule has 0 bridgehead atoms. The molecule has 0 fully saturated rings. The second kappa shape index (κ2) is 9.17. The molecule has 0 aliphatic heterocycles. The highest BCUT2D eigenvalue weighted by molar-refractivity contribution is 5.97. The molecule has 0 saturated heterocycles. The lowest BCUT2D eigenvalue weighted by molar-refractivity contribution is -0.0600. The molecule has 2 aromatic rings. The van der Waals surface area contributed by atoms with Gasteiger partial charge in [0.05, 0.1) is 11.7 Å².